The highest BCUT2D eigenvalue weighted by Crippen LogP contribution is 2.30. The van der Waals surface area contributed by atoms with E-state index in [1.54, 1.807) is 6.07 Å². The molecule has 1 aromatic carbocycles. The van der Waals surface area contributed by atoms with Gasteiger partial charge in [-0.15, -0.1) is 0 Å². The second kappa shape index (κ2) is 6.91. The van der Waals surface area contributed by atoms with Gasteiger partial charge in [-0.25, -0.2) is 4.39 Å². The first-order valence-electron chi connectivity index (χ1n) is 6.87. The number of furan rings is 1. The number of benzene rings is 1. The quantitative estimate of drug-likeness (QED) is 0.838. The van der Waals surface area contributed by atoms with Crippen LogP contribution in [-0.4, -0.2) is 12.6 Å². The van der Waals surface area contributed by atoms with Gasteiger partial charge in [-0.3, -0.25) is 0 Å². The number of hydrogen-bond donors (Lipinski definition) is 1. The second-order valence-electron chi connectivity index (χ2n) is 4.95. The van der Waals surface area contributed by atoms with Gasteiger partial charge in [0.25, 0.3) is 0 Å². The molecule has 2 nitrogen and oxygen atoms in total. The third-order valence-corrected chi connectivity index (χ3v) is 3.44. The molecule has 0 radical (unpaired) electrons. The molecule has 0 amide bonds. The van der Waals surface area contributed by atoms with Crippen LogP contribution in [0, 0.1) is 5.82 Å². The van der Waals surface area contributed by atoms with Crippen LogP contribution in [-0.2, 0) is 6.42 Å². The van der Waals surface area contributed by atoms with Crippen molar-refractivity contribution in [2.45, 2.75) is 32.7 Å². The van der Waals surface area contributed by atoms with E-state index in [-0.39, 0.29) is 5.82 Å². The topological polar surface area (TPSA) is 25.2 Å². The van der Waals surface area contributed by atoms with Crippen molar-refractivity contribution in [2.75, 3.05) is 6.54 Å². The van der Waals surface area contributed by atoms with E-state index < -0.39 is 0 Å². The van der Waals surface area contributed by atoms with Crippen LogP contribution in [0.3, 0.4) is 0 Å². The van der Waals surface area contributed by atoms with Gasteiger partial charge in [0.05, 0.1) is 5.02 Å². The number of hydrogen-bond acceptors (Lipinski definition) is 2. The fourth-order valence-corrected chi connectivity index (χ4v) is 2.29. The smallest absolute Gasteiger partial charge is 0.135 e. The Morgan fingerprint density at radius 2 is 2.10 bits per heavy atom. The van der Waals surface area contributed by atoms with Gasteiger partial charge in [-0.05, 0) is 50.2 Å². The summed E-state index contributed by atoms with van der Waals surface area (Å²) in [5, 5.41) is 3.89. The second-order valence-corrected chi connectivity index (χ2v) is 5.36. The number of halogens is 2. The number of rotatable bonds is 6. The lowest BCUT2D eigenvalue weighted by Gasteiger charge is -2.11. The molecule has 0 aliphatic heterocycles. The molecule has 0 aliphatic rings. The zero-order valence-corrected chi connectivity index (χ0v) is 12.5. The van der Waals surface area contributed by atoms with Crippen molar-refractivity contribution >= 4 is 11.6 Å². The summed E-state index contributed by atoms with van der Waals surface area (Å²) in [5.41, 5.74) is 0.590. The third kappa shape index (κ3) is 3.84. The Balaban J connectivity index is 2.10. The zero-order chi connectivity index (χ0) is 14.5. The fraction of sp³-hybridized carbons (Fsp3) is 0.375. The van der Waals surface area contributed by atoms with Gasteiger partial charge in [0.2, 0.25) is 0 Å². The predicted octanol–water partition coefficient (Wildman–Crippen LogP) is 4.67. The summed E-state index contributed by atoms with van der Waals surface area (Å²) < 4.78 is 19.0. The third-order valence-electron chi connectivity index (χ3n) is 3.11. The SMILES string of the molecule is CCCNC(C)Cc1ccc(-c2cc(F)ccc2Cl)o1. The molecule has 0 saturated carbocycles. The summed E-state index contributed by atoms with van der Waals surface area (Å²) in [6.07, 6.45) is 1.90. The maximum absolute atomic E-state index is 13.3. The Kier molecular flexibility index (Phi) is 5.21. The minimum Gasteiger partial charge on any atom is -0.461 e. The lowest BCUT2D eigenvalue weighted by atomic mass is 10.1. The van der Waals surface area contributed by atoms with Crippen molar-refractivity contribution in [1.29, 1.82) is 0 Å². The van der Waals surface area contributed by atoms with Gasteiger partial charge in [-0.1, -0.05) is 18.5 Å². The maximum Gasteiger partial charge on any atom is 0.135 e. The molecule has 1 heterocycles. The van der Waals surface area contributed by atoms with Crippen molar-refractivity contribution in [3.05, 3.63) is 46.9 Å². The first-order chi connectivity index (χ1) is 9.60. The molecule has 1 atom stereocenters. The van der Waals surface area contributed by atoms with Gasteiger partial charge in [0.15, 0.2) is 0 Å². The average molecular weight is 296 g/mol. The van der Waals surface area contributed by atoms with Gasteiger partial charge in [-0.2, -0.15) is 0 Å². The summed E-state index contributed by atoms with van der Waals surface area (Å²) in [6, 6.07) is 8.37. The van der Waals surface area contributed by atoms with Crippen LogP contribution in [0.2, 0.25) is 5.02 Å². The molecular formula is C16H19ClFNO. The van der Waals surface area contributed by atoms with E-state index in [2.05, 4.69) is 19.2 Å². The molecule has 2 rings (SSSR count). The zero-order valence-electron chi connectivity index (χ0n) is 11.7. The highest BCUT2D eigenvalue weighted by atomic mass is 35.5. The summed E-state index contributed by atoms with van der Waals surface area (Å²) in [6.45, 7) is 5.24. The van der Waals surface area contributed by atoms with Gasteiger partial charge >= 0.3 is 0 Å². The van der Waals surface area contributed by atoms with Crippen molar-refractivity contribution in [2.24, 2.45) is 0 Å². The Labute approximate surface area is 123 Å². The molecule has 1 N–H and O–H groups in total. The number of nitrogens with one attached hydrogen (secondary N) is 1. The summed E-state index contributed by atoms with van der Waals surface area (Å²) in [7, 11) is 0. The molecule has 108 valence electrons. The first-order valence-corrected chi connectivity index (χ1v) is 7.25. The van der Waals surface area contributed by atoms with Gasteiger partial charge in [0, 0.05) is 18.0 Å². The molecule has 0 spiro atoms. The van der Waals surface area contributed by atoms with E-state index in [4.69, 9.17) is 16.0 Å². The van der Waals surface area contributed by atoms with E-state index in [1.165, 1.54) is 12.1 Å². The van der Waals surface area contributed by atoms with E-state index in [0.29, 0.717) is 22.4 Å². The lowest BCUT2D eigenvalue weighted by Crippen LogP contribution is -2.28. The van der Waals surface area contributed by atoms with Gasteiger partial charge < -0.3 is 9.73 Å². The Morgan fingerprint density at radius 3 is 2.85 bits per heavy atom. The van der Waals surface area contributed by atoms with Crippen LogP contribution in [0.25, 0.3) is 11.3 Å². The van der Waals surface area contributed by atoms with Crippen molar-refractivity contribution in [3.8, 4) is 11.3 Å². The predicted molar refractivity (Wildman–Crippen MR) is 80.6 cm³/mol. The lowest BCUT2D eigenvalue weighted by molar-refractivity contribution is 0.464. The van der Waals surface area contributed by atoms with Crippen LogP contribution in [0.15, 0.2) is 34.7 Å². The van der Waals surface area contributed by atoms with Crippen molar-refractivity contribution in [3.63, 3.8) is 0 Å². The van der Waals surface area contributed by atoms with Crippen LogP contribution in [0.4, 0.5) is 4.39 Å². The highest BCUT2D eigenvalue weighted by molar-refractivity contribution is 6.33. The van der Waals surface area contributed by atoms with E-state index in [0.717, 1.165) is 25.1 Å². The minimum atomic E-state index is -0.319. The molecule has 1 aromatic heterocycles. The molecule has 1 unspecified atom stereocenters. The Hall–Kier alpha value is -1.32. The highest BCUT2D eigenvalue weighted by Gasteiger charge is 2.11. The summed E-state index contributed by atoms with van der Waals surface area (Å²) in [5.74, 6) is 1.16. The van der Waals surface area contributed by atoms with Crippen LogP contribution >= 0.6 is 11.6 Å². The first kappa shape index (κ1) is 15.1. The summed E-state index contributed by atoms with van der Waals surface area (Å²) in [4.78, 5) is 0. The van der Waals surface area contributed by atoms with E-state index >= 15 is 0 Å². The largest absolute Gasteiger partial charge is 0.461 e. The summed E-state index contributed by atoms with van der Waals surface area (Å²) >= 11 is 6.08. The van der Waals surface area contributed by atoms with E-state index in [1.807, 2.05) is 12.1 Å². The fourth-order valence-electron chi connectivity index (χ4n) is 2.08. The normalized spacial score (nSPS) is 12.6. The molecular weight excluding hydrogens is 277 g/mol. The molecule has 0 bridgehead atoms. The minimum absolute atomic E-state index is 0.319. The van der Waals surface area contributed by atoms with Crippen LogP contribution in [0.1, 0.15) is 26.0 Å². The molecule has 20 heavy (non-hydrogen) atoms. The van der Waals surface area contributed by atoms with Crippen LogP contribution < -0.4 is 5.32 Å². The van der Waals surface area contributed by atoms with Crippen molar-refractivity contribution in [1.82, 2.24) is 5.32 Å². The standard InChI is InChI=1S/C16H19ClFNO/c1-3-8-19-11(2)9-13-5-7-16(20-13)14-10-12(18)4-6-15(14)17/h4-7,10-11,19H,3,8-9H2,1-2H3. The van der Waals surface area contributed by atoms with E-state index in [9.17, 15) is 4.39 Å². The van der Waals surface area contributed by atoms with Crippen molar-refractivity contribution < 1.29 is 8.81 Å². The molecule has 4 heteroatoms. The molecule has 2 aromatic rings. The Bertz CT molecular complexity index is 567. The monoisotopic (exact) mass is 295 g/mol. The molecule has 0 saturated heterocycles. The molecule has 0 fully saturated rings. The van der Waals surface area contributed by atoms with Gasteiger partial charge in [0.1, 0.15) is 17.3 Å². The van der Waals surface area contributed by atoms with Crippen LogP contribution in [0.5, 0.6) is 0 Å². The Morgan fingerprint density at radius 1 is 1.30 bits per heavy atom. The molecule has 0 aliphatic carbocycles. The average Bonchev–Trinajstić information content (AvgIpc) is 2.87. The maximum atomic E-state index is 13.3.